The first-order valence-corrected chi connectivity index (χ1v) is 8.01. The van der Waals surface area contributed by atoms with Crippen LogP contribution in [0, 0.1) is 0 Å². The fourth-order valence-electron chi connectivity index (χ4n) is 2.12. The van der Waals surface area contributed by atoms with E-state index in [2.05, 4.69) is 10.6 Å². The van der Waals surface area contributed by atoms with Crippen molar-refractivity contribution in [1.82, 2.24) is 10.6 Å². The predicted octanol–water partition coefficient (Wildman–Crippen LogP) is 0.116. The zero-order valence-corrected chi connectivity index (χ0v) is 11.9. The summed E-state index contributed by atoms with van der Waals surface area (Å²) in [5.41, 5.74) is -0.821. The lowest BCUT2D eigenvalue weighted by Crippen LogP contribution is -2.54. The van der Waals surface area contributed by atoms with Gasteiger partial charge in [-0.2, -0.15) is 0 Å². The third kappa shape index (κ3) is 4.70. The van der Waals surface area contributed by atoms with Gasteiger partial charge in [-0.3, -0.25) is 0 Å². The number of carboxylic acid groups (broad SMARTS) is 1. The van der Waals surface area contributed by atoms with Crippen LogP contribution in [0.3, 0.4) is 0 Å². The first-order chi connectivity index (χ1) is 8.67. The van der Waals surface area contributed by atoms with Gasteiger partial charge in [0.05, 0.1) is 17.0 Å². The molecule has 1 heterocycles. The van der Waals surface area contributed by atoms with Gasteiger partial charge >= 0.3 is 12.0 Å². The van der Waals surface area contributed by atoms with Gasteiger partial charge in [-0.15, -0.1) is 0 Å². The molecule has 0 aromatic rings. The number of carbonyl (C=O) groups excluding carboxylic acids is 1. The molecule has 2 amide bonds. The molecule has 2 unspecified atom stereocenters. The number of hydrogen-bond donors (Lipinski definition) is 3. The van der Waals surface area contributed by atoms with Gasteiger partial charge in [-0.05, 0) is 19.8 Å². The molecule has 3 N–H and O–H groups in total. The molecule has 1 aliphatic heterocycles. The Morgan fingerprint density at radius 1 is 1.42 bits per heavy atom. The molecule has 0 spiro atoms. The number of amides is 2. The van der Waals surface area contributed by atoms with E-state index in [4.69, 9.17) is 5.11 Å². The highest BCUT2D eigenvalue weighted by molar-refractivity contribution is 7.91. The summed E-state index contributed by atoms with van der Waals surface area (Å²) in [7, 11) is -3.11. The molecule has 0 bridgehead atoms. The zero-order chi connectivity index (χ0) is 14.7. The summed E-state index contributed by atoms with van der Waals surface area (Å²) in [4.78, 5) is 22.6. The van der Waals surface area contributed by atoms with Crippen molar-refractivity contribution in [2.75, 3.05) is 11.5 Å². The maximum atomic E-state index is 11.7. The molecular weight excluding hydrogens is 272 g/mol. The van der Waals surface area contributed by atoms with Gasteiger partial charge in [0.1, 0.15) is 6.04 Å². The zero-order valence-electron chi connectivity index (χ0n) is 11.1. The predicted molar refractivity (Wildman–Crippen MR) is 69.7 cm³/mol. The lowest BCUT2D eigenvalue weighted by molar-refractivity contribution is -0.139. The Hall–Kier alpha value is -1.31. The fourth-order valence-corrected chi connectivity index (χ4v) is 4.22. The Kier molecular flexibility index (Phi) is 4.78. The summed E-state index contributed by atoms with van der Waals surface area (Å²) in [6.45, 7) is 3.47. The smallest absolute Gasteiger partial charge is 0.326 e. The van der Waals surface area contributed by atoms with Crippen molar-refractivity contribution in [3.05, 3.63) is 0 Å². The monoisotopic (exact) mass is 292 g/mol. The highest BCUT2D eigenvalue weighted by Crippen LogP contribution is 2.22. The number of urea groups is 1. The Labute approximate surface area is 112 Å². The van der Waals surface area contributed by atoms with Crippen molar-refractivity contribution >= 4 is 21.8 Å². The maximum Gasteiger partial charge on any atom is 0.326 e. The number of hydrogen-bond acceptors (Lipinski definition) is 4. The molecule has 0 radical (unpaired) electrons. The van der Waals surface area contributed by atoms with E-state index in [-0.39, 0.29) is 11.5 Å². The quantitative estimate of drug-likeness (QED) is 0.666. The molecule has 0 aromatic heterocycles. The minimum atomic E-state index is -3.11. The number of sulfone groups is 1. The standard InChI is InChI=1S/C11H20N2O5S/c1-3-4-8(9(14)15)12-10(16)13-11(2)5-6-19(17,18)7-11/h8H,3-7H2,1-2H3,(H,14,15)(H2,12,13,16). The van der Waals surface area contributed by atoms with Gasteiger partial charge in [-0.25, -0.2) is 18.0 Å². The largest absolute Gasteiger partial charge is 0.480 e. The third-order valence-corrected chi connectivity index (χ3v) is 5.00. The van der Waals surface area contributed by atoms with Crippen LogP contribution >= 0.6 is 0 Å². The maximum absolute atomic E-state index is 11.7. The first-order valence-electron chi connectivity index (χ1n) is 6.19. The average molecular weight is 292 g/mol. The van der Waals surface area contributed by atoms with Crippen LogP contribution in [-0.4, -0.2) is 48.6 Å². The van der Waals surface area contributed by atoms with Crippen molar-refractivity contribution in [3.63, 3.8) is 0 Å². The number of rotatable bonds is 5. The van der Waals surface area contributed by atoms with Crippen LogP contribution in [0.5, 0.6) is 0 Å². The molecular formula is C11H20N2O5S. The van der Waals surface area contributed by atoms with E-state index in [9.17, 15) is 18.0 Å². The van der Waals surface area contributed by atoms with Gasteiger partial charge < -0.3 is 15.7 Å². The topological polar surface area (TPSA) is 113 Å². The van der Waals surface area contributed by atoms with Crippen LogP contribution in [0.15, 0.2) is 0 Å². The van der Waals surface area contributed by atoms with Crippen molar-refractivity contribution < 1.29 is 23.1 Å². The SMILES string of the molecule is CCCC(NC(=O)NC1(C)CCS(=O)(=O)C1)C(=O)O. The summed E-state index contributed by atoms with van der Waals surface area (Å²) in [6, 6.07) is -1.59. The Morgan fingerprint density at radius 2 is 2.05 bits per heavy atom. The van der Waals surface area contributed by atoms with E-state index < -0.39 is 33.4 Å². The van der Waals surface area contributed by atoms with Crippen LogP contribution in [0.2, 0.25) is 0 Å². The highest BCUT2D eigenvalue weighted by Gasteiger charge is 2.39. The van der Waals surface area contributed by atoms with E-state index in [0.717, 1.165) is 0 Å². The lowest BCUT2D eigenvalue weighted by Gasteiger charge is -2.25. The number of aliphatic carboxylic acids is 1. The van der Waals surface area contributed by atoms with Crippen molar-refractivity contribution in [3.8, 4) is 0 Å². The van der Waals surface area contributed by atoms with E-state index in [1.165, 1.54) is 0 Å². The molecule has 1 fully saturated rings. The number of nitrogens with one attached hydrogen (secondary N) is 2. The normalized spacial score (nSPS) is 26.6. The second kappa shape index (κ2) is 5.77. The van der Waals surface area contributed by atoms with Crippen LogP contribution < -0.4 is 10.6 Å². The second-order valence-electron chi connectivity index (χ2n) is 5.18. The van der Waals surface area contributed by atoms with Gasteiger partial charge in [-0.1, -0.05) is 13.3 Å². The van der Waals surface area contributed by atoms with Crippen molar-refractivity contribution in [2.24, 2.45) is 0 Å². The molecule has 19 heavy (non-hydrogen) atoms. The Morgan fingerprint density at radius 3 is 2.47 bits per heavy atom. The van der Waals surface area contributed by atoms with Crippen LogP contribution in [0.1, 0.15) is 33.1 Å². The molecule has 2 atom stereocenters. The van der Waals surface area contributed by atoms with Crippen molar-refractivity contribution in [1.29, 1.82) is 0 Å². The molecule has 1 rings (SSSR count). The van der Waals surface area contributed by atoms with Gasteiger partial charge in [0.2, 0.25) is 0 Å². The summed E-state index contributed by atoms with van der Waals surface area (Å²) in [5, 5.41) is 13.8. The molecule has 110 valence electrons. The van der Waals surface area contributed by atoms with Crippen LogP contribution in [0.25, 0.3) is 0 Å². The van der Waals surface area contributed by atoms with E-state index in [1.54, 1.807) is 6.92 Å². The average Bonchev–Trinajstić information content (AvgIpc) is 2.51. The Bertz CT molecular complexity index is 462. The molecule has 1 aliphatic rings. The summed E-state index contributed by atoms with van der Waals surface area (Å²) in [5.74, 6) is -1.17. The molecule has 7 nitrogen and oxygen atoms in total. The number of carbonyl (C=O) groups is 2. The first kappa shape index (κ1) is 15.7. The highest BCUT2D eigenvalue weighted by atomic mass is 32.2. The van der Waals surface area contributed by atoms with Crippen LogP contribution in [-0.2, 0) is 14.6 Å². The third-order valence-electron chi connectivity index (χ3n) is 3.10. The summed E-state index contributed by atoms with van der Waals surface area (Å²) >= 11 is 0. The van der Waals surface area contributed by atoms with Gasteiger partial charge in [0.15, 0.2) is 9.84 Å². The minimum absolute atomic E-state index is 0.0428. The summed E-state index contributed by atoms with van der Waals surface area (Å²) < 4.78 is 22.8. The Balaban J connectivity index is 2.58. The lowest BCUT2D eigenvalue weighted by atomic mass is 10.0. The molecule has 0 saturated carbocycles. The second-order valence-corrected chi connectivity index (χ2v) is 7.36. The van der Waals surface area contributed by atoms with Crippen molar-refractivity contribution in [2.45, 2.75) is 44.7 Å². The van der Waals surface area contributed by atoms with Crippen LogP contribution in [0.4, 0.5) is 4.79 Å². The summed E-state index contributed by atoms with van der Waals surface area (Å²) in [6.07, 6.45) is 1.30. The fraction of sp³-hybridized carbons (Fsp3) is 0.818. The van der Waals surface area contributed by atoms with Gasteiger partial charge in [0.25, 0.3) is 0 Å². The number of carboxylic acids is 1. The molecule has 0 aromatic carbocycles. The van der Waals surface area contributed by atoms with E-state index >= 15 is 0 Å². The van der Waals surface area contributed by atoms with Gasteiger partial charge in [0, 0.05) is 0 Å². The molecule has 0 aliphatic carbocycles. The van der Waals surface area contributed by atoms with E-state index in [0.29, 0.717) is 19.3 Å². The molecule has 8 heteroatoms. The molecule has 1 saturated heterocycles. The van der Waals surface area contributed by atoms with E-state index in [1.807, 2.05) is 6.92 Å². The minimum Gasteiger partial charge on any atom is -0.480 e.